The van der Waals surface area contributed by atoms with Crippen LogP contribution in [0.15, 0.2) is 140 Å². The van der Waals surface area contributed by atoms with Crippen LogP contribution in [0.4, 0.5) is 4.79 Å². The number of aliphatic hydroxyl groups is 2. The molecule has 0 aliphatic carbocycles. The molecule has 546 valence electrons. The van der Waals surface area contributed by atoms with Gasteiger partial charge in [-0.3, -0.25) is 38.5 Å². The smallest absolute Gasteiger partial charge is 0.410 e. The van der Waals surface area contributed by atoms with Crippen molar-refractivity contribution in [2.45, 2.75) is 121 Å². The molecule has 5 aliphatic heterocycles. The molecular weight excluding hydrogens is 1390 g/mol. The summed E-state index contributed by atoms with van der Waals surface area (Å²) in [7, 11) is 5.35. The van der Waals surface area contributed by atoms with Gasteiger partial charge in [0.15, 0.2) is 17.5 Å². The summed E-state index contributed by atoms with van der Waals surface area (Å²) in [6.45, 7) is 7.99. The first-order chi connectivity index (χ1) is 49.5. The molecule has 0 spiro atoms. The van der Waals surface area contributed by atoms with Crippen LogP contribution in [0.3, 0.4) is 0 Å². The van der Waals surface area contributed by atoms with Crippen molar-refractivity contribution >= 4 is 76.6 Å². The SMILES string of the molecule is COc1cc(OC)c2c(c1)[C@@H](C(=O)OCc1ccccc1)NC(=O)[C@H]1NC(=O)[C@H](NC(=O)[C@@H]3NC(=O)[C@H](CC(N)=O)NC(=O)[C@H](NC(=O)[C@@H](CC(C)C)N(C)C(=O)OC(C)(C)C)[C@H](O)c4ccc(c(Cl)c4)Oc4cc3cc(c4OCc3ccccc3)Oc3ccc(cc3Cl)[C@H]1O)c1ccc(OC)c-2c1. The van der Waals surface area contributed by atoms with Crippen LogP contribution in [-0.4, -0.2) is 127 Å². The van der Waals surface area contributed by atoms with Gasteiger partial charge in [0.1, 0.15) is 96.0 Å². The molecule has 7 aromatic rings. The second-order valence-corrected chi connectivity index (χ2v) is 27.0. The average molecular weight is 1470 g/mol. The molecule has 7 aromatic carbocycles. The fourth-order valence-corrected chi connectivity index (χ4v) is 12.4. The van der Waals surface area contributed by atoms with Gasteiger partial charge in [0.05, 0.1) is 37.8 Å². The number of esters is 1. The predicted octanol–water partition coefficient (Wildman–Crippen LogP) is 8.48. The molecule has 5 heterocycles. The monoisotopic (exact) mass is 1460 g/mol. The van der Waals surface area contributed by atoms with E-state index in [-0.39, 0.29) is 121 Å². The highest BCUT2D eigenvalue weighted by atomic mass is 35.5. The molecule has 27 nitrogen and oxygen atoms in total. The Morgan fingerprint density at radius 2 is 1.18 bits per heavy atom. The number of carbonyl (C=O) groups is 9. The number of halogens is 2. The van der Waals surface area contributed by atoms with Crippen molar-refractivity contribution < 1.29 is 91.3 Å². The summed E-state index contributed by atoms with van der Waals surface area (Å²) in [5, 5.41) is 40.3. The maximum Gasteiger partial charge on any atom is 0.410 e. The maximum atomic E-state index is 16.2. The summed E-state index contributed by atoms with van der Waals surface area (Å²) >= 11 is 14.3. The number of likely N-dealkylation sites (N-methyl/N-ethyl adjacent to an activating group) is 1. The number of primary amides is 1. The number of hydrogen-bond acceptors (Lipinski definition) is 19. The molecule has 10 N–H and O–H groups in total. The van der Waals surface area contributed by atoms with Crippen molar-refractivity contribution in [2.24, 2.45) is 11.7 Å². The third-order valence-electron chi connectivity index (χ3n) is 17.2. The number of nitrogens with one attached hydrogen (secondary N) is 6. The second kappa shape index (κ2) is 32.5. The number of ether oxygens (including phenoxy) is 8. The first kappa shape index (κ1) is 75.5. The van der Waals surface area contributed by atoms with Crippen molar-refractivity contribution in [3.63, 3.8) is 0 Å². The van der Waals surface area contributed by atoms with Gasteiger partial charge in [0, 0.05) is 29.8 Å². The Morgan fingerprint density at radius 1 is 0.615 bits per heavy atom. The first-order valence-corrected chi connectivity index (χ1v) is 33.7. The first-order valence-electron chi connectivity index (χ1n) is 32.9. The lowest BCUT2D eigenvalue weighted by Gasteiger charge is -2.33. The van der Waals surface area contributed by atoms with E-state index < -0.39 is 120 Å². The highest BCUT2D eigenvalue weighted by molar-refractivity contribution is 6.32. The molecule has 12 rings (SSSR count). The third-order valence-corrected chi connectivity index (χ3v) is 17.7. The summed E-state index contributed by atoms with van der Waals surface area (Å²) in [6.07, 6.45) is -5.99. The second-order valence-electron chi connectivity index (χ2n) is 26.2. The largest absolute Gasteiger partial charge is 0.497 e. The quantitative estimate of drug-likeness (QED) is 0.0409. The number of methoxy groups -OCH3 is 3. The van der Waals surface area contributed by atoms with Gasteiger partial charge in [0.2, 0.25) is 47.1 Å². The standard InChI is InChI=1S/C75H78Cl2N8O19/c1-37(2)26-50(85(6)74(96)104-75(3,4)5)68(90)83-62-64(87)41-21-24-52(47(76)28-41)102-55-30-43-31-56(66(55)100-35-38-16-12-10-13-17-38)103-53-25-22-42(29-48(53)77)65(88)63-72(94)82-61(73(95)101-36-39-18-14-11-15-19-39)46-32-44(97-7)33-54(99-9)58(46)45-27-40(20-23-51(45)98-8)59(69(91)84-63)81-70(92)60(43)80-67(89)49(34-57(78)86)79-71(62)93/h10-25,27-33,37,49-50,59-65,87-88H,26,34-36H2,1-9H3,(H2,78,86)(H,79,93)(H,80,89)(H,81,92)(H,82,94)(H,83,90)(H,84,91)/t49-,50+,59+,60+,61-,62+,63-,64+,65+/m0/s1. The van der Waals surface area contributed by atoms with Gasteiger partial charge < -0.3 is 85.7 Å². The third kappa shape index (κ3) is 17.5. The summed E-state index contributed by atoms with van der Waals surface area (Å²) in [5.41, 5.74) is 5.72. The summed E-state index contributed by atoms with van der Waals surface area (Å²) in [5.74, 6) is -10.4. The van der Waals surface area contributed by atoms with Crippen molar-refractivity contribution in [1.82, 2.24) is 36.8 Å². The maximum absolute atomic E-state index is 16.2. The van der Waals surface area contributed by atoms with Crippen LogP contribution in [0, 0.1) is 5.92 Å². The van der Waals surface area contributed by atoms with Gasteiger partial charge in [-0.2, -0.15) is 0 Å². The Morgan fingerprint density at radius 3 is 1.75 bits per heavy atom. The number of carbonyl (C=O) groups excluding carboxylic acids is 9. The van der Waals surface area contributed by atoms with Crippen molar-refractivity contribution in [3.05, 3.63) is 189 Å². The van der Waals surface area contributed by atoms with Crippen molar-refractivity contribution in [2.75, 3.05) is 28.4 Å². The van der Waals surface area contributed by atoms with Crippen LogP contribution in [0.2, 0.25) is 10.0 Å². The van der Waals surface area contributed by atoms with Gasteiger partial charge in [-0.15, -0.1) is 0 Å². The number of benzene rings is 7. The summed E-state index contributed by atoms with van der Waals surface area (Å²) in [4.78, 5) is 136. The van der Waals surface area contributed by atoms with Gasteiger partial charge in [-0.05, 0) is 121 Å². The van der Waals surface area contributed by atoms with E-state index >= 15 is 24.0 Å². The summed E-state index contributed by atoms with van der Waals surface area (Å²) < 4.78 is 49.1. The number of fused-ring (bicyclic) bond motifs is 15. The number of aliphatic hydroxyl groups excluding tert-OH is 2. The van der Waals surface area contributed by atoms with Crippen LogP contribution in [0.25, 0.3) is 11.1 Å². The Balaban J connectivity index is 1.19. The number of hydrogen-bond donors (Lipinski definition) is 9. The minimum Gasteiger partial charge on any atom is -0.497 e. The zero-order valence-corrected chi connectivity index (χ0v) is 59.5. The molecule has 0 saturated heterocycles. The van der Waals surface area contributed by atoms with Gasteiger partial charge in [-0.25, -0.2) is 9.59 Å². The molecule has 29 heteroatoms. The lowest BCUT2D eigenvalue weighted by Crippen LogP contribution is -2.59. The molecule has 0 unspecified atom stereocenters. The van der Waals surface area contributed by atoms with Gasteiger partial charge in [-0.1, -0.05) is 116 Å². The molecule has 104 heavy (non-hydrogen) atoms. The minimum absolute atomic E-state index is 0.00608. The topological polar surface area (TPSA) is 369 Å². The molecule has 8 amide bonds. The van der Waals surface area contributed by atoms with E-state index in [0.29, 0.717) is 11.1 Å². The number of rotatable bonds is 16. The molecule has 0 fully saturated rings. The van der Waals surface area contributed by atoms with E-state index in [4.69, 9.17) is 66.8 Å². The predicted molar refractivity (Wildman–Crippen MR) is 377 cm³/mol. The molecule has 0 radical (unpaired) electrons. The molecular formula is C75H78Cl2N8O19. The van der Waals surface area contributed by atoms with Crippen molar-refractivity contribution in [3.8, 4) is 57.1 Å². The van der Waals surface area contributed by atoms with Gasteiger partial charge in [0.25, 0.3) is 0 Å². The summed E-state index contributed by atoms with van der Waals surface area (Å²) in [6, 6.07) is 21.5. The number of nitrogens with two attached hydrogens (primary N) is 1. The van der Waals surface area contributed by atoms with E-state index in [1.807, 2.05) is 0 Å². The van der Waals surface area contributed by atoms with Crippen LogP contribution < -0.4 is 66.1 Å². The number of amides is 8. The average Bonchev–Trinajstić information content (AvgIpc) is 0.763. The van der Waals surface area contributed by atoms with Crippen LogP contribution in [0.1, 0.15) is 117 Å². The van der Waals surface area contributed by atoms with Crippen LogP contribution in [0.5, 0.6) is 46.0 Å². The molecule has 9 atom stereocenters. The molecule has 0 aromatic heterocycles. The highest BCUT2D eigenvalue weighted by Gasteiger charge is 2.43. The normalized spacial score (nSPS) is 19.8. The van der Waals surface area contributed by atoms with E-state index in [2.05, 4.69) is 31.9 Å². The fraction of sp³-hybridized carbons (Fsp3) is 0.320. The number of nitrogens with zero attached hydrogens (tertiary/aromatic N) is 1. The van der Waals surface area contributed by atoms with Crippen LogP contribution >= 0.6 is 23.2 Å². The van der Waals surface area contributed by atoms with Gasteiger partial charge >= 0.3 is 12.1 Å². The highest BCUT2D eigenvalue weighted by Crippen LogP contribution is 2.49. The molecule has 11 bridgehead atoms. The van der Waals surface area contributed by atoms with E-state index in [0.717, 1.165) is 4.90 Å². The lowest BCUT2D eigenvalue weighted by atomic mass is 9.89. The molecule has 5 aliphatic rings. The fourth-order valence-electron chi connectivity index (χ4n) is 11.9. The Kier molecular flexibility index (Phi) is 23.6. The molecule has 0 saturated carbocycles. The lowest BCUT2D eigenvalue weighted by molar-refractivity contribution is -0.150. The van der Waals surface area contributed by atoms with E-state index in [1.165, 1.54) is 107 Å². The van der Waals surface area contributed by atoms with Crippen molar-refractivity contribution in [1.29, 1.82) is 0 Å². The minimum atomic E-state index is -2.13. The Labute approximate surface area is 608 Å². The zero-order chi connectivity index (χ0) is 75.0. The zero-order valence-electron chi connectivity index (χ0n) is 58.0. The Bertz CT molecular complexity index is 4440. The van der Waals surface area contributed by atoms with E-state index in [9.17, 15) is 29.4 Å². The Hall–Kier alpha value is -11.1. The van der Waals surface area contributed by atoms with E-state index in [1.54, 1.807) is 95.3 Å². The van der Waals surface area contributed by atoms with Crippen LogP contribution in [-0.2, 0) is 61.0 Å².